The second-order valence-electron chi connectivity index (χ2n) is 5.51. The van der Waals surface area contributed by atoms with Crippen molar-refractivity contribution in [1.29, 1.82) is 0 Å². The molecule has 0 aliphatic rings. The third kappa shape index (κ3) is 4.22. The van der Waals surface area contributed by atoms with Gasteiger partial charge in [-0.3, -0.25) is 4.79 Å². The standard InChI is InChI=1S/C18H12ClF3N2O3/c1-9-12(8-26-16-5-2-10(20)6-15(16)22)17(24-27-9)18(25)23-11-3-4-14(21)13(19)7-11/h2-7H,8H2,1H3,(H,23,25). The molecule has 5 nitrogen and oxygen atoms in total. The maximum atomic E-state index is 13.7. The molecule has 0 fully saturated rings. The smallest absolute Gasteiger partial charge is 0.278 e. The molecular weight excluding hydrogens is 385 g/mol. The lowest BCUT2D eigenvalue weighted by molar-refractivity contribution is 0.101. The van der Waals surface area contributed by atoms with Gasteiger partial charge in [-0.2, -0.15) is 0 Å². The SMILES string of the molecule is Cc1onc(C(=O)Nc2ccc(F)c(Cl)c2)c1COc1ccc(F)cc1F. The van der Waals surface area contributed by atoms with E-state index in [4.69, 9.17) is 20.9 Å². The average molecular weight is 397 g/mol. The van der Waals surface area contributed by atoms with Gasteiger partial charge >= 0.3 is 0 Å². The maximum absolute atomic E-state index is 13.7. The van der Waals surface area contributed by atoms with Crippen LogP contribution in [0.25, 0.3) is 0 Å². The van der Waals surface area contributed by atoms with Crippen molar-refractivity contribution in [2.75, 3.05) is 5.32 Å². The molecule has 1 heterocycles. The van der Waals surface area contributed by atoms with Gasteiger partial charge in [0.25, 0.3) is 5.91 Å². The molecule has 0 saturated carbocycles. The van der Waals surface area contributed by atoms with E-state index in [1.807, 2.05) is 0 Å². The number of amides is 1. The van der Waals surface area contributed by atoms with E-state index in [1.54, 1.807) is 6.92 Å². The van der Waals surface area contributed by atoms with E-state index in [1.165, 1.54) is 12.1 Å². The van der Waals surface area contributed by atoms with E-state index in [2.05, 4.69) is 10.5 Å². The van der Waals surface area contributed by atoms with Gasteiger partial charge in [0.1, 0.15) is 24.0 Å². The third-order valence-electron chi connectivity index (χ3n) is 3.64. The number of carbonyl (C=O) groups is 1. The molecule has 1 aromatic heterocycles. The maximum Gasteiger partial charge on any atom is 0.278 e. The molecule has 0 aliphatic carbocycles. The number of ether oxygens (including phenoxy) is 1. The van der Waals surface area contributed by atoms with E-state index in [0.717, 1.165) is 18.2 Å². The molecule has 1 N–H and O–H groups in total. The lowest BCUT2D eigenvalue weighted by Crippen LogP contribution is -2.15. The second kappa shape index (κ2) is 7.71. The predicted molar refractivity (Wildman–Crippen MR) is 91.3 cm³/mol. The molecule has 0 aliphatic heterocycles. The van der Waals surface area contributed by atoms with Crippen molar-refractivity contribution in [3.8, 4) is 5.75 Å². The van der Waals surface area contributed by atoms with Gasteiger partial charge < -0.3 is 14.6 Å². The summed E-state index contributed by atoms with van der Waals surface area (Å²) < 4.78 is 50.1. The lowest BCUT2D eigenvalue weighted by Gasteiger charge is -2.08. The summed E-state index contributed by atoms with van der Waals surface area (Å²) in [4.78, 5) is 12.4. The first-order valence-corrected chi connectivity index (χ1v) is 8.02. The van der Waals surface area contributed by atoms with Gasteiger partial charge in [-0.05, 0) is 37.3 Å². The highest BCUT2D eigenvalue weighted by Crippen LogP contribution is 2.23. The van der Waals surface area contributed by atoms with Gasteiger partial charge in [0.15, 0.2) is 17.3 Å². The summed E-state index contributed by atoms with van der Waals surface area (Å²) in [5.41, 5.74) is 0.448. The van der Waals surface area contributed by atoms with Gasteiger partial charge in [0.2, 0.25) is 0 Å². The van der Waals surface area contributed by atoms with Crippen molar-refractivity contribution in [1.82, 2.24) is 5.16 Å². The quantitative estimate of drug-likeness (QED) is 0.667. The predicted octanol–water partition coefficient (Wildman–Crippen LogP) is 4.89. The molecule has 0 spiro atoms. The molecule has 3 rings (SSSR count). The Labute approximate surface area is 156 Å². The lowest BCUT2D eigenvalue weighted by atomic mass is 10.2. The van der Waals surface area contributed by atoms with E-state index >= 15 is 0 Å². The van der Waals surface area contributed by atoms with Crippen LogP contribution in [-0.4, -0.2) is 11.1 Å². The normalized spacial score (nSPS) is 10.7. The van der Waals surface area contributed by atoms with Crippen molar-refractivity contribution >= 4 is 23.2 Å². The number of anilines is 1. The zero-order valence-electron chi connectivity index (χ0n) is 13.9. The van der Waals surface area contributed by atoms with Gasteiger partial charge in [-0.25, -0.2) is 13.2 Å². The molecule has 0 radical (unpaired) electrons. The summed E-state index contributed by atoms with van der Waals surface area (Å²) in [5.74, 6) is -2.78. The highest BCUT2D eigenvalue weighted by molar-refractivity contribution is 6.31. The first-order valence-electron chi connectivity index (χ1n) is 7.64. The fraction of sp³-hybridized carbons (Fsp3) is 0.111. The van der Waals surface area contributed by atoms with Crippen molar-refractivity contribution in [2.45, 2.75) is 13.5 Å². The van der Waals surface area contributed by atoms with Gasteiger partial charge in [-0.1, -0.05) is 16.8 Å². The summed E-state index contributed by atoms with van der Waals surface area (Å²) in [6.07, 6.45) is 0. The van der Waals surface area contributed by atoms with Crippen LogP contribution in [0.4, 0.5) is 18.9 Å². The zero-order chi connectivity index (χ0) is 19.6. The summed E-state index contributed by atoms with van der Waals surface area (Å²) in [5, 5.41) is 6.02. The van der Waals surface area contributed by atoms with Crippen molar-refractivity contribution in [2.24, 2.45) is 0 Å². The Morgan fingerprint density at radius 2 is 1.96 bits per heavy atom. The number of nitrogens with zero attached hydrogens (tertiary/aromatic N) is 1. The number of aromatic nitrogens is 1. The van der Waals surface area contributed by atoms with E-state index < -0.39 is 23.4 Å². The number of aryl methyl sites for hydroxylation is 1. The number of rotatable bonds is 5. The topological polar surface area (TPSA) is 64.4 Å². The summed E-state index contributed by atoms with van der Waals surface area (Å²) in [6.45, 7) is 1.32. The number of halogens is 4. The van der Waals surface area contributed by atoms with Crippen LogP contribution in [-0.2, 0) is 6.61 Å². The Kier molecular flexibility index (Phi) is 5.36. The number of benzene rings is 2. The number of hydrogen-bond donors (Lipinski definition) is 1. The fourth-order valence-corrected chi connectivity index (χ4v) is 2.43. The number of nitrogens with one attached hydrogen (secondary N) is 1. The molecule has 0 atom stereocenters. The zero-order valence-corrected chi connectivity index (χ0v) is 14.6. The van der Waals surface area contributed by atoms with Crippen LogP contribution in [0, 0.1) is 24.4 Å². The van der Waals surface area contributed by atoms with E-state index in [-0.39, 0.29) is 34.3 Å². The van der Waals surface area contributed by atoms with Gasteiger partial charge in [0, 0.05) is 11.8 Å². The molecule has 9 heteroatoms. The molecule has 1 amide bonds. The summed E-state index contributed by atoms with van der Waals surface area (Å²) in [7, 11) is 0. The Balaban J connectivity index is 1.77. The van der Waals surface area contributed by atoms with Crippen LogP contribution < -0.4 is 10.1 Å². The first-order chi connectivity index (χ1) is 12.8. The Hall–Kier alpha value is -3.00. The minimum atomic E-state index is -0.879. The number of hydrogen-bond acceptors (Lipinski definition) is 4. The van der Waals surface area contributed by atoms with Gasteiger partial charge in [-0.15, -0.1) is 0 Å². The molecule has 3 aromatic rings. The highest BCUT2D eigenvalue weighted by Gasteiger charge is 2.21. The Morgan fingerprint density at radius 3 is 2.67 bits per heavy atom. The molecule has 27 heavy (non-hydrogen) atoms. The third-order valence-corrected chi connectivity index (χ3v) is 3.93. The molecule has 0 unspecified atom stereocenters. The molecule has 2 aromatic carbocycles. The first kappa shape index (κ1) is 18.8. The molecule has 140 valence electrons. The molecular formula is C18H12ClF3N2O3. The van der Waals surface area contributed by atoms with Gasteiger partial charge in [0.05, 0.1) is 10.6 Å². The van der Waals surface area contributed by atoms with Crippen LogP contribution in [0.5, 0.6) is 5.75 Å². The Bertz CT molecular complexity index is 1010. The highest BCUT2D eigenvalue weighted by atomic mass is 35.5. The van der Waals surface area contributed by atoms with Crippen LogP contribution >= 0.6 is 11.6 Å². The van der Waals surface area contributed by atoms with Crippen molar-refractivity contribution in [3.05, 3.63) is 75.9 Å². The van der Waals surface area contributed by atoms with E-state index in [9.17, 15) is 18.0 Å². The van der Waals surface area contributed by atoms with Crippen molar-refractivity contribution in [3.63, 3.8) is 0 Å². The largest absolute Gasteiger partial charge is 0.486 e. The molecule has 0 saturated heterocycles. The summed E-state index contributed by atoms with van der Waals surface area (Å²) >= 11 is 5.68. The van der Waals surface area contributed by atoms with Crippen LogP contribution in [0.2, 0.25) is 5.02 Å². The monoisotopic (exact) mass is 396 g/mol. The summed E-state index contributed by atoms with van der Waals surface area (Å²) in [6, 6.07) is 6.54. The minimum Gasteiger partial charge on any atom is -0.486 e. The fourth-order valence-electron chi connectivity index (χ4n) is 2.25. The average Bonchev–Trinajstić information content (AvgIpc) is 2.98. The van der Waals surface area contributed by atoms with Crippen LogP contribution in [0.15, 0.2) is 40.9 Å². The molecule has 0 bridgehead atoms. The van der Waals surface area contributed by atoms with Crippen molar-refractivity contribution < 1.29 is 27.2 Å². The van der Waals surface area contributed by atoms with Crippen LogP contribution in [0.3, 0.4) is 0 Å². The number of carbonyl (C=O) groups excluding carboxylic acids is 1. The Morgan fingerprint density at radius 1 is 1.19 bits per heavy atom. The van der Waals surface area contributed by atoms with Crippen LogP contribution in [0.1, 0.15) is 21.8 Å². The van der Waals surface area contributed by atoms with E-state index in [0.29, 0.717) is 11.8 Å². The second-order valence-corrected chi connectivity index (χ2v) is 5.92. The minimum absolute atomic E-state index is 0.0875.